The first-order valence-electron chi connectivity index (χ1n) is 10.2. The van der Waals surface area contributed by atoms with Crippen LogP contribution < -0.4 is 10.2 Å². The molecule has 4 rings (SSSR count). The van der Waals surface area contributed by atoms with E-state index in [-0.39, 0.29) is 17.7 Å². The van der Waals surface area contributed by atoms with Crippen molar-refractivity contribution in [1.29, 1.82) is 0 Å². The van der Waals surface area contributed by atoms with Gasteiger partial charge in [-0.05, 0) is 49.3 Å². The van der Waals surface area contributed by atoms with Gasteiger partial charge in [0, 0.05) is 19.7 Å². The molecule has 162 valence electrons. The first-order chi connectivity index (χ1) is 14.4. The molecule has 2 aliphatic rings. The number of hydrogen-bond donors (Lipinski definition) is 1. The third-order valence-electron chi connectivity index (χ3n) is 5.73. The van der Waals surface area contributed by atoms with Gasteiger partial charge < -0.3 is 15.0 Å². The number of hydrogen-bond acceptors (Lipinski definition) is 5. The summed E-state index contributed by atoms with van der Waals surface area (Å²) in [6, 6.07) is 4.85. The topological polar surface area (TPSA) is 50.3 Å². The van der Waals surface area contributed by atoms with Crippen molar-refractivity contribution in [3.05, 3.63) is 47.5 Å². The number of nitrogens with zero attached hydrogens (tertiary/aromatic N) is 3. The number of rotatable bonds is 5. The van der Waals surface area contributed by atoms with E-state index in [9.17, 15) is 13.2 Å². The Balaban J connectivity index is 1.51. The zero-order valence-electron chi connectivity index (χ0n) is 16.5. The molecule has 9 heteroatoms. The number of benzene rings is 1. The van der Waals surface area contributed by atoms with Crippen molar-refractivity contribution in [2.45, 2.75) is 37.9 Å². The third kappa shape index (κ3) is 4.50. The largest absolute Gasteiger partial charge is 0.416 e. The Morgan fingerprint density at radius 3 is 2.60 bits per heavy atom. The molecule has 0 bridgehead atoms. The molecule has 0 aliphatic carbocycles. The van der Waals surface area contributed by atoms with Gasteiger partial charge in [-0.25, -0.2) is 9.97 Å². The molecule has 1 aromatic heterocycles. The predicted octanol–water partition coefficient (Wildman–Crippen LogP) is 4.81. The number of ether oxygens (including phenoxy) is 1. The first-order valence-corrected chi connectivity index (χ1v) is 10.2. The van der Waals surface area contributed by atoms with Crippen LogP contribution in [0.1, 0.15) is 42.9 Å². The molecule has 0 radical (unpaired) electrons. The number of nitrogens with one attached hydrogen (secondary N) is 1. The Bertz CT molecular complexity index is 853. The minimum absolute atomic E-state index is 0.142. The summed E-state index contributed by atoms with van der Waals surface area (Å²) in [7, 11) is 0. The summed E-state index contributed by atoms with van der Waals surface area (Å²) >= 11 is 0. The van der Waals surface area contributed by atoms with Crippen LogP contribution in [-0.2, 0) is 10.9 Å². The van der Waals surface area contributed by atoms with Gasteiger partial charge in [-0.1, -0.05) is 12.1 Å². The molecule has 1 N–H and O–H groups in total. The second-order valence-corrected chi connectivity index (χ2v) is 7.80. The van der Waals surface area contributed by atoms with Gasteiger partial charge in [0.25, 0.3) is 0 Å². The Labute approximate surface area is 172 Å². The van der Waals surface area contributed by atoms with Gasteiger partial charge in [0.2, 0.25) is 5.82 Å². The predicted molar refractivity (Wildman–Crippen MR) is 105 cm³/mol. The molecule has 2 aliphatic heterocycles. The van der Waals surface area contributed by atoms with Crippen LogP contribution in [0.2, 0.25) is 0 Å². The second-order valence-electron chi connectivity index (χ2n) is 7.80. The number of aromatic nitrogens is 2. The molecule has 2 atom stereocenters. The highest BCUT2D eigenvalue weighted by molar-refractivity contribution is 5.53. The number of halogens is 4. The summed E-state index contributed by atoms with van der Waals surface area (Å²) in [6.45, 7) is 2.56. The summed E-state index contributed by atoms with van der Waals surface area (Å²) in [5, 5.41) is 3.07. The van der Waals surface area contributed by atoms with E-state index >= 15 is 4.39 Å². The zero-order chi connectivity index (χ0) is 21.1. The van der Waals surface area contributed by atoms with Crippen LogP contribution in [0.25, 0.3) is 0 Å². The number of alkyl halides is 3. The van der Waals surface area contributed by atoms with Crippen molar-refractivity contribution in [2.24, 2.45) is 5.92 Å². The highest BCUT2D eigenvalue weighted by Gasteiger charge is 2.33. The van der Waals surface area contributed by atoms with Gasteiger partial charge in [0.1, 0.15) is 6.33 Å². The molecule has 30 heavy (non-hydrogen) atoms. The van der Waals surface area contributed by atoms with Crippen LogP contribution >= 0.6 is 0 Å². The van der Waals surface area contributed by atoms with Crippen molar-refractivity contribution in [3.8, 4) is 0 Å². The Morgan fingerprint density at radius 2 is 1.90 bits per heavy atom. The maximum absolute atomic E-state index is 15.2. The van der Waals surface area contributed by atoms with Gasteiger partial charge in [-0.3, -0.25) is 0 Å². The Hall–Kier alpha value is -2.42. The van der Waals surface area contributed by atoms with Crippen LogP contribution in [0.5, 0.6) is 0 Å². The van der Waals surface area contributed by atoms with E-state index in [1.807, 2.05) is 4.90 Å². The summed E-state index contributed by atoms with van der Waals surface area (Å²) in [6.07, 6.45) is 0.478. The van der Waals surface area contributed by atoms with Gasteiger partial charge in [0.15, 0.2) is 11.6 Å². The maximum Gasteiger partial charge on any atom is 0.416 e. The molecular weight excluding hydrogens is 400 g/mol. The number of anilines is 2. The smallest absolute Gasteiger partial charge is 0.381 e. The van der Waals surface area contributed by atoms with E-state index in [1.54, 1.807) is 0 Å². The molecule has 3 heterocycles. The summed E-state index contributed by atoms with van der Waals surface area (Å²) in [4.78, 5) is 10.00. The fourth-order valence-corrected chi connectivity index (χ4v) is 4.15. The summed E-state index contributed by atoms with van der Waals surface area (Å²) in [5.74, 6) is 0.0923. The molecule has 2 fully saturated rings. The molecule has 1 unspecified atom stereocenters. The van der Waals surface area contributed by atoms with Gasteiger partial charge in [-0.2, -0.15) is 17.6 Å². The maximum atomic E-state index is 15.2. The average Bonchev–Trinajstić information content (AvgIpc) is 3.23. The average molecular weight is 424 g/mol. The van der Waals surface area contributed by atoms with Crippen molar-refractivity contribution in [1.82, 2.24) is 9.97 Å². The standard InChI is InChI=1S/C21H24F4N4O/c22-18-19(26-11-14-3-2-10-30-12-14)27-13-28-20(18)29-9-1-4-17(29)15-5-7-16(8-6-15)21(23,24)25/h5-8,13-14,17H,1-4,9-12H2,(H,26,27,28)/t14?,17-/m1/s1. The van der Waals surface area contributed by atoms with Crippen molar-refractivity contribution in [3.63, 3.8) is 0 Å². The molecule has 0 saturated carbocycles. The highest BCUT2D eigenvalue weighted by atomic mass is 19.4. The Morgan fingerprint density at radius 1 is 1.10 bits per heavy atom. The van der Waals surface area contributed by atoms with Crippen LogP contribution in [0, 0.1) is 11.7 Å². The zero-order valence-corrected chi connectivity index (χ0v) is 16.5. The van der Waals surface area contributed by atoms with Crippen LogP contribution in [0.4, 0.5) is 29.2 Å². The second kappa shape index (κ2) is 8.75. The monoisotopic (exact) mass is 424 g/mol. The van der Waals surface area contributed by atoms with E-state index in [4.69, 9.17) is 4.74 Å². The van der Waals surface area contributed by atoms with Crippen LogP contribution in [0.3, 0.4) is 0 Å². The van der Waals surface area contributed by atoms with Crippen molar-refractivity contribution >= 4 is 11.6 Å². The molecule has 0 spiro atoms. The van der Waals surface area contributed by atoms with Crippen LogP contribution in [0.15, 0.2) is 30.6 Å². The van der Waals surface area contributed by atoms with Gasteiger partial charge in [-0.15, -0.1) is 0 Å². The molecule has 0 amide bonds. The van der Waals surface area contributed by atoms with E-state index in [1.165, 1.54) is 18.5 Å². The minimum atomic E-state index is -4.38. The molecule has 1 aromatic carbocycles. The van der Waals surface area contributed by atoms with E-state index in [0.717, 1.165) is 44.4 Å². The Kier molecular flexibility index (Phi) is 6.08. The lowest BCUT2D eigenvalue weighted by Crippen LogP contribution is -2.27. The first kappa shape index (κ1) is 20.8. The lowest BCUT2D eigenvalue weighted by Gasteiger charge is -2.27. The van der Waals surface area contributed by atoms with E-state index in [2.05, 4.69) is 15.3 Å². The molecule has 2 aromatic rings. The van der Waals surface area contributed by atoms with E-state index < -0.39 is 17.6 Å². The normalized spacial score (nSPS) is 22.3. The van der Waals surface area contributed by atoms with Crippen LogP contribution in [-0.4, -0.2) is 36.3 Å². The van der Waals surface area contributed by atoms with E-state index in [0.29, 0.717) is 31.2 Å². The molecular formula is C21H24F4N4O. The minimum Gasteiger partial charge on any atom is -0.381 e. The third-order valence-corrected chi connectivity index (χ3v) is 5.73. The van der Waals surface area contributed by atoms with Crippen molar-refractivity contribution in [2.75, 3.05) is 36.5 Å². The van der Waals surface area contributed by atoms with Gasteiger partial charge in [0.05, 0.1) is 18.2 Å². The molecule has 2 saturated heterocycles. The lowest BCUT2D eigenvalue weighted by atomic mass is 10.0. The quantitative estimate of drug-likeness (QED) is 0.698. The summed E-state index contributed by atoms with van der Waals surface area (Å²) in [5.41, 5.74) is 0.0227. The highest BCUT2D eigenvalue weighted by Crippen LogP contribution is 2.38. The van der Waals surface area contributed by atoms with Crippen molar-refractivity contribution < 1.29 is 22.3 Å². The fourth-order valence-electron chi connectivity index (χ4n) is 4.15. The SMILES string of the molecule is Fc1c(NCC2CCCOC2)ncnc1N1CCC[C@@H]1c1ccc(C(F)(F)F)cc1. The fraction of sp³-hybridized carbons (Fsp3) is 0.524. The molecule has 5 nitrogen and oxygen atoms in total. The summed E-state index contributed by atoms with van der Waals surface area (Å²) < 4.78 is 59.2. The lowest BCUT2D eigenvalue weighted by molar-refractivity contribution is -0.137. The van der Waals surface area contributed by atoms with Gasteiger partial charge >= 0.3 is 6.18 Å².